The average molecular weight is 370 g/mol. The molecule has 0 unspecified atom stereocenters. The van der Waals surface area contributed by atoms with E-state index in [-0.39, 0.29) is 11.7 Å². The van der Waals surface area contributed by atoms with Crippen molar-refractivity contribution in [2.24, 2.45) is 0 Å². The topological polar surface area (TPSA) is 67.8 Å². The van der Waals surface area contributed by atoms with Gasteiger partial charge < -0.3 is 0 Å². The molecule has 0 atom stereocenters. The van der Waals surface area contributed by atoms with Crippen LogP contribution in [0.15, 0.2) is 48.7 Å². The van der Waals surface area contributed by atoms with Gasteiger partial charge in [-0.1, -0.05) is 16.6 Å². The summed E-state index contributed by atoms with van der Waals surface area (Å²) in [6.45, 7) is 0. The van der Waals surface area contributed by atoms with Gasteiger partial charge in [0.15, 0.2) is 5.13 Å². The lowest BCUT2D eigenvalue weighted by atomic mass is 10.1. The molecule has 0 aliphatic rings. The van der Waals surface area contributed by atoms with Gasteiger partial charge in [0.05, 0.1) is 4.70 Å². The van der Waals surface area contributed by atoms with Crippen molar-refractivity contribution in [3.63, 3.8) is 0 Å². The summed E-state index contributed by atoms with van der Waals surface area (Å²) in [5, 5.41) is 7.30. The van der Waals surface area contributed by atoms with Crippen molar-refractivity contribution in [3.8, 4) is 0 Å². The summed E-state index contributed by atoms with van der Waals surface area (Å²) >= 11 is 2.69. The highest BCUT2D eigenvalue weighted by molar-refractivity contribution is 7.15. The van der Waals surface area contributed by atoms with Crippen LogP contribution in [-0.2, 0) is 6.42 Å². The van der Waals surface area contributed by atoms with E-state index in [1.807, 2.05) is 6.07 Å². The van der Waals surface area contributed by atoms with Crippen LogP contribution in [0.25, 0.3) is 10.2 Å². The van der Waals surface area contributed by atoms with E-state index in [1.54, 1.807) is 30.5 Å². The summed E-state index contributed by atoms with van der Waals surface area (Å²) in [6, 6.07) is 11.6. The molecule has 0 aliphatic carbocycles. The number of fused-ring (bicyclic) bond motifs is 1. The van der Waals surface area contributed by atoms with Crippen LogP contribution in [0.5, 0.6) is 0 Å². The van der Waals surface area contributed by atoms with E-state index >= 15 is 0 Å². The predicted molar refractivity (Wildman–Crippen MR) is 96.7 cm³/mol. The number of carbonyl (C=O) groups excluding carboxylic acids is 1. The number of carbonyl (C=O) groups is 1. The summed E-state index contributed by atoms with van der Waals surface area (Å²) < 4.78 is 17.7. The van der Waals surface area contributed by atoms with Crippen LogP contribution in [0.4, 0.5) is 9.52 Å². The molecule has 1 N–H and O–H groups in total. The lowest BCUT2D eigenvalue weighted by molar-refractivity contribution is 0.102. The number of amides is 1. The summed E-state index contributed by atoms with van der Waals surface area (Å²) in [6.07, 6.45) is 2.36. The van der Waals surface area contributed by atoms with E-state index in [0.717, 1.165) is 15.1 Å². The van der Waals surface area contributed by atoms with Gasteiger partial charge in [0.1, 0.15) is 11.3 Å². The molecule has 25 heavy (non-hydrogen) atoms. The van der Waals surface area contributed by atoms with E-state index in [9.17, 15) is 9.18 Å². The number of anilines is 1. The molecule has 5 nitrogen and oxygen atoms in total. The molecule has 0 fully saturated rings. The number of aromatic nitrogens is 3. The highest BCUT2D eigenvalue weighted by Crippen LogP contribution is 2.23. The average Bonchev–Trinajstić information content (AvgIpc) is 3.25. The van der Waals surface area contributed by atoms with Gasteiger partial charge in [-0.2, -0.15) is 0 Å². The molecule has 2 aromatic heterocycles. The minimum Gasteiger partial charge on any atom is -0.298 e. The molecular weight excluding hydrogens is 359 g/mol. The van der Waals surface area contributed by atoms with E-state index < -0.39 is 0 Å². The first-order chi connectivity index (χ1) is 12.2. The molecule has 0 radical (unpaired) electrons. The molecule has 0 saturated heterocycles. The number of rotatable bonds is 4. The second-order valence-electron chi connectivity index (χ2n) is 5.34. The smallest absolute Gasteiger partial charge is 0.257 e. The Balaban J connectivity index is 1.46. The van der Waals surface area contributed by atoms with Gasteiger partial charge in [-0.25, -0.2) is 9.37 Å². The molecule has 124 valence electrons. The Labute approximate surface area is 150 Å². The summed E-state index contributed by atoms with van der Waals surface area (Å²) in [4.78, 5) is 17.6. The molecule has 8 heteroatoms. The van der Waals surface area contributed by atoms with Gasteiger partial charge in [0, 0.05) is 23.1 Å². The second-order valence-corrected chi connectivity index (χ2v) is 7.25. The van der Waals surface area contributed by atoms with Crippen molar-refractivity contribution < 1.29 is 9.18 Å². The third-order valence-electron chi connectivity index (χ3n) is 3.57. The maximum atomic E-state index is 12.9. The zero-order chi connectivity index (χ0) is 17.2. The van der Waals surface area contributed by atoms with Gasteiger partial charge in [0.25, 0.3) is 5.91 Å². The third-order valence-corrected chi connectivity index (χ3v) is 5.19. The first-order valence-electron chi connectivity index (χ1n) is 7.40. The number of hydrogen-bond donors (Lipinski definition) is 1. The Morgan fingerprint density at radius 3 is 2.84 bits per heavy atom. The van der Waals surface area contributed by atoms with E-state index in [0.29, 0.717) is 22.6 Å². The van der Waals surface area contributed by atoms with Gasteiger partial charge in [-0.3, -0.25) is 10.1 Å². The number of hydrogen-bond acceptors (Lipinski definition) is 6. The molecule has 4 rings (SSSR count). The van der Waals surface area contributed by atoms with Crippen LogP contribution >= 0.6 is 22.9 Å². The minimum atomic E-state index is -0.256. The Kier molecular flexibility index (Phi) is 4.21. The van der Waals surface area contributed by atoms with Crippen molar-refractivity contribution in [3.05, 3.63) is 70.5 Å². The van der Waals surface area contributed by atoms with Gasteiger partial charge in [0.2, 0.25) is 0 Å². The molecular formula is C17H11FN4OS2. The molecule has 1 amide bonds. The quantitative estimate of drug-likeness (QED) is 0.586. The Hall–Kier alpha value is -2.71. The second kappa shape index (κ2) is 6.66. The maximum Gasteiger partial charge on any atom is 0.257 e. The minimum absolute atomic E-state index is 0.238. The summed E-state index contributed by atoms with van der Waals surface area (Å²) in [7, 11) is 0. The van der Waals surface area contributed by atoms with Gasteiger partial charge in [-0.05, 0) is 47.4 Å². The molecule has 0 aliphatic heterocycles. The van der Waals surface area contributed by atoms with Crippen LogP contribution in [0, 0.1) is 5.82 Å². The zero-order valence-electron chi connectivity index (χ0n) is 12.8. The van der Waals surface area contributed by atoms with Crippen molar-refractivity contribution in [2.45, 2.75) is 6.42 Å². The number of nitrogens with one attached hydrogen (secondary N) is 1. The van der Waals surface area contributed by atoms with Crippen LogP contribution in [-0.4, -0.2) is 20.5 Å². The lowest BCUT2D eigenvalue weighted by Gasteiger charge is -2.01. The molecule has 4 aromatic rings. The van der Waals surface area contributed by atoms with Gasteiger partial charge in [-0.15, -0.1) is 16.4 Å². The SMILES string of the molecule is O=C(Nc1ncc(Cc2ccc(F)cc2)s1)c1ccc2snnc2c1. The normalized spacial score (nSPS) is 10.9. The highest BCUT2D eigenvalue weighted by Gasteiger charge is 2.11. The van der Waals surface area contributed by atoms with E-state index in [4.69, 9.17) is 0 Å². The van der Waals surface area contributed by atoms with Crippen molar-refractivity contribution >= 4 is 44.1 Å². The Morgan fingerprint density at radius 2 is 2.00 bits per heavy atom. The van der Waals surface area contributed by atoms with Crippen LogP contribution < -0.4 is 5.32 Å². The van der Waals surface area contributed by atoms with E-state index in [1.165, 1.54) is 35.0 Å². The predicted octanol–water partition coefficient (Wildman–Crippen LogP) is 4.13. The molecule has 2 heterocycles. The number of nitrogens with zero attached hydrogens (tertiary/aromatic N) is 3. The first kappa shape index (κ1) is 15.8. The fraction of sp³-hybridized carbons (Fsp3) is 0.0588. The maximum absolute atomic E-state index is 12.9. The van der Waals surface area contributed by atoms with Crippen molar-refractivity contribution in [1.29, 1.82) is 0 Å². The number of thiazole rings is 1. The van der Waals surface area contributed by atoms with Crippen LogP contribution in [0.2, 0.25) is 0 Å². The van der Waals surface area contributed by atoms with Crippen LogP contribution in [0.1, 0.15) is 20.8 Å². The zero-order valence-corrected chi connectivity index (χ0v) is 14.4. The molecule has 0 saturated carbocycles. The third kappa shape index (κ3) is 3.54. The summed E-state index contributed by atoms with van der Waals surface area (Å²) in [5.41, 5.74) is 2.20. The number of halogens is 1. The first-order valence-corrected chi connectivity index (χ1v) is 8.99. The highest BCUT2D eigenvalue weighted by atomic mass is 32.1. The summed E-state index contributed by atoms with van der Waals surface area (Å²) in [5.74, 6) is -0.495. The van der Waals surface area contributed by atoms with E-state index in [2.05, 4.69) is 19.9 Å². The monoisotopic (exact) mass is 370 g/mol. The van der Waals surface area contributed by atoms with Crippen LogP contribution in [0.3, 0.4) is 0 Å². The molecule has 0 spiro atoms. The standard InChI is InChI=1S/C17H11FN4OS2/c18-12-4-1-10(2-5-12)7-13-9-19-17(24-13)20-16(23)11-3-6-15-14(8-11)21-22-25-15/h1-6,8-9H,7H2,(H,19,20,23). The van der Waals surface area contributed by atoms with Crippen molar-refractivity contribution in [1.82, 2.24) is 14.6 Å². The fourth-order valence-electron chi connectivity index (χ4n) is 2.34. The van der Waals surface area contributed by atoms with Gasteiger partial charge >= 0.3 is 0 Å². The molecule has 0 bridgehead atoms. The Bertz CT molecular complexity index is 1040. The molecule has 2 aromatic carbocycles. The lowest BCUT2D eigenvalue weighted by Crippen LogP contribution is -2.11. The largest absolute Gasteiger partial charge is 0.298 e. The Morgan fingerprint density at radius 1 is 1.16 bits per heavy atom. The number of benzene rings is 2. The fourth-order valence-corrected chi connectivity index (χ4v) is 3.72. The van der Waals surface area contributed by atoms with Crippen molar-refractivity contribution in [2.75, 3.05) is 5.32 Å².